The molecule has 1 rings (SSSR count). The molecular formula is C13H24N2OS. The van der Waals surface area contributed by atoms with Gasteiger partial charge in [0.05, 0.1) is 11.5 Å². The number of nitrogens with two attached hydrogens (primary N) is 1. The zero-order chi connectivity index (χ0) is 12.7. The molecule has 0 aromatic heterocycles. The van der Waals surface area contributed by atoms with Crippen molar-refractivity contribution in [2.24, 2.45) is 11.7 Å². The van der Waals surface area contributed by atoms with Crippen molar-refractivity contribution in [1.29, 1.82) is 0 Å². The molecule has 0 aliphatic heterocycles. The highest BCUT2D eigenvalue weighted by atomic mass is 32.1. The fourth-order valence-corrected chi connectivity index (χ4v) is 2.65. The van der Waals surface area contributed by atoms with E-state index in [0.29, 0.717) is 18.1 Å². The van der Waals surface area contributed by atoms with E-state index in [1.165, 1.54) is 32.1 Å². The largest absolute Gasteiger partial charge is 0.392 e. The van der Waals surface area contributed by atoms with Crippen molar-refractivity contribution in [2.75, 3.05) is 13.1 Å². The lowest BCUT2D eigenvalue weighted by Crippen LogP contribution is -2.41. The molecule has 0 unspecified atom stereocenters. The Morgan fingerprint density at radius 1 is 1.24 bits per heavy atom. The molecule has 17 heavy (non-hydrogen) atoms. The minimum absolute atomic E-state index is 0.199. The third-order valence-electron chi connectivity index (χ3n) is 3.49. The summed E-state index contributed by atoms with van der Waals surface area (Å²) < 4.78 is 0. The number of hydrogen-bond acceptors (Lipinski definition) is 2. The third kappa shape index (κ3) is 5.02. The maximum atomic E-state index is 12.3. The van der Waals surface area contributed by atoms with Crippen molar-refractivity contribution in [2.45, 2.75) is 51.9 Å². The van der Waals surface area contributed by atoms with Gasteiger partial charge in [-0.15, -0.1) is 0 Å². The normalized spacial score (nSPS) is 18.2. The van der Waals surface area contributed by atoms with E-state index in [2.05, 4.69) is 0 Å². The highest BCUT2D eigenvalue weighted by Crippen LogP contribution is 2.23. The van der Waals surface area contributed by atoms with E-state index in [1.54, 1.807) is 4.90 Å². The Kier molecular flexibility index (Phi) is 6.48. The number of likely N-dealkylation sites (N-methyl/N-ethyl adjacent to an activating group) is 1. The average molecular weight is 256 g/mol. The lowest BCUT2D eigenvalue weighted by atomic mass is 9.90. The minimum atomic E-state index is 0.199. The molecule has 0 bridgehead atoms. The Morgan fingerprint density at radius 2 is 1.76 bits per heavy atom. The summed E-state index contributed by atoms with van der Waals surface area (Å²) in [7, 11) is 0. The highest BCUT2D eigenvalue weighted by molar-refractivity contribution is 7.80. The first-order valence-electron chi connectivity index (χ1n) is 6.72. The van der Waals surface area contributed by atoms with Crippen LogP contribution in [0.5, 0.6) is 0 Å². The predicted octanol–water partition coefficient (Wildman–Crippen LogP) is 2.48. The van der Waals surface area contributed by atoms with Gasteiger partial charge in [0.1, 0.15) is 0 Å². The van der Waals surface area contributed by atoms with Crippen molar-refractivity contribution in [1.82, 2.24) is 4.90 Å². The minimum Gasteiger partial charge on any atom is -0.392 e. The topological polar surface area (TPSA) is 46.3 Å². The Labute approximate surface area is 110 Å². The van der Waals surface area contributed by atoms with Gasteiger partial charge in [-0.2, -0.15) is 0 Å². The van der Waals surface area contributed by atoms with Crippen LogP contribution < -0.4 is 5.73 Å². The number of nitrogens with zero attached hydrogens (tertiary/aromatic N) is 1. The van der Waals surface area contributed by atoms with Crippen LogP contribution in [0.4, 0.5) is 0 Å². The van der Waals surface area contributed by atoms with E-state index < -0.39 is 0 Å². The lowest BCUT2D eigenvalue weighted by molar-refractivity contribution is -0.135. The van der Waals surface area contributed by atoms with Gasteiger partial charge in [-0.05, 0) is 19.8 Å². The highest BCUT2D eigenvalue weighted by Gasteiger charge is 2.23. The summed E-state index contributed by atoms with van der Waals surface area (Å²) in [6, 6.07) is 0. The van der Waals surface area contributed by atoms with Gasteiger partial charge in [0.25, 0.3) is 0 Å². The summed E-state index contributed by atoms with van der Waals surface area (Å²) in [4.78, 5) is 14.5. The van der Waals surface area contributed by atoms with Crippen LogP contribution in [0.15, 0.2) is 0 Å². The van der Waals surface area contributed by atoms with Crippen molar-refractivity contribution in [3.8, 4) is 0 Å². The van der Waals surface area contributed by atoms with Crippen LogP contribution in [0.3, 0.4) is 0 Å². The van der Waals surface area contributed by atoms with E-state index in [9.17, 15) is 4.79 Å². The molecule has 1 fully saturated rings. The zero-order valence-electron chi connectivity index (χ0n) is 10.8. The molecule has 2 N–H and O–H groups in total. The summed E-state index contributed by atoms with van der Waals surface area (Å²) in [5, 5.41) is 0. The Hall–Kier alpha value is -0.640. The molecular weight excluding hydrogens is 232 g/mol. The second kappa shape index (κ2) is 7.64. The first-order valence-corrected chi connectivity index (χ1v) is 7.13. The molecule has 1 aliphatic rings. The fraction of sp³-hybridized carbons (Fsp3) is 0.846. The first kappa shape index (κ1) is 14.4. The molecule has 3 nitrogen and oxygen atoms in total. The lowest BCUT2D eigenvalue weighted by Gasteiger charge is -2.27. The Balaban J connectivity index is 2.54. The summed E-state index contributed by atoms with van der Waals surface area (Å²) in [6.07, 6.45) is 8.29. The molecule has 0 saturated heterocycles. The number of hydrogen-bond donors (Lipinski definition) is 1. The summed E-state index contributed by atoms with van der Waals surface area (Å²) in [5.74, 6) is 0.451. The van der Waals surface area contributed by atoms with Gasteiger partial charge in [-0.3, -0.25) is 4.79 Å². The van der Waals surface area contributed by atoms with E-state index in [-0.39, 0.29) is 11.8 Å². The number of rotatable bonds is 4. The van der Waals surface area contributed by atoms with Crippen LogP contribution in [0.25, 0.3) is 0 Å². The van der Waals surface area contributed by atoms with Crippen molar-refractivity contribution in [3.63, 3.8) is 0 Å². The van der Waals surface area contributed by atoms with Crippen molar-refractivity contribution < 1.29 is 4.79 Å². The van der Waals surface area contributed by atoms with E-state index in [4.69, 9.17) is 18.0 Å². The van der Waals surface area contributed by atoms with Gasteiger partial charge in [-0.25, -0.2) is 0 Å². The van der Waals surface area contributed by atoms with Crippen LogP contribution in [-0.2, 0) is 4.79 Å². The molecule has 0 heterocycles. The smallest absolute Gasteiger partial charge is 0.226 e. The number of carbonyl (C=O) groups excluding carboxylic acids is 1. The molecule has 0 aromatic rings. The van der Waals surface area contributed by atoms with Crippen molar-refractivity contribution in [3.05, 3.63) is 0 Å². The SMILES string of the molecule is CCN(CC(N)=S)C(=O)C1CCCCCCC1. The maximum Gasteiger partial charge on any atom is 0.226 e. The molecule has 0 atom stereocenters. The van der Waals surface area contributed by atoms with Gasteiger partial charge < -0.3 is 10.6 Å². The molecule has 4 heteroatoms. The van der Waals surface area contributed by atoms with E-state index in [0.717, 1.165) is 12.8 Å². The predicted molar refractivity (Wildman–Crippen MR) is 74.8 cm³/mol. The quantitative estimate of drug-likeness (QED) is 0.786. The molecule has 98 valence electrons. The fourth-order valence-electron chi connectivity index (χ4n) is 2.49. The number of amides is 1. The summed E-state index contributed by atoms with van der Waals surface area (Å²) >= 11 is 4.89. The van der Waals surface area contributed by atoms with Crippen LogP contribution in [0.1, 0.15) is 51.9 Å². The van der Waals surface area contributed by atoms with Gasteiger partial charge in [0.2, 0.25) is 5.91 Å². The van der Waals surface area contributed by atoms with Gasteiger partial charge in [0.15, 0.2) is 0 Å². The first-order chi connectivity index (χ1) is 8.15. The Bertz CT molecular complexity index is 260. The molecule has 1 saturated carbocycles. The standard InChI is InChI=1S/C13H24N2OS/c1-2-15(10-12(14)17)13(16)11-8-6-4-3-5-7-9-11/h11H,2-10H2,1H3,(H2,14,17). The van der Waals surface area contributed by atoms with E-state index in [1.807, 2.05) is 6.92 Å². The van der Waals surface area contributed by atoms with Crippen molar-refractivity contribution >= 4 is 23.1 Å². The maximum absolute atomic E-state index is 12.3. The molecule has 1 aliphatic carbocycles. The molecule has 0 spiro atoms. The second-order valence-corrected chi connectivity index (χ2v) is 5.39. The monoisotopic (exact) mass is 256 g/mol. The number of carbonyl (C=O) groups is 1. The average Bonchev–Trinajstić information content (AvgIpc) is 2.24. The third-order valence-corrected chi connectivity index (χ3v) is 3.62. The summed E-state index contributed by atoms with van der Waals surface area (Å²) in [5.41, 5.74) is 5.53. The van der Waals surface area contributed by atoms with E-state index >= 15 is 0 Å². The van der Waals surface area contributed by atoms with Crippen LogP contribution in [-0.4, -0.2) is 28.9 Å². The number of thiocarbonyl (C=S) groups is 1. The van der Waals surface area contributed by atoms with Crippen LogP contribution >= 0.6 is 12.2 Å². The van der Waals surface area contributed by atoms with Gasteiger partial charge in [0, 0.05) is 12.5 Å². The van der Waals surface area contributed by atoms with Gasteiger partial charge in [-0.1, -0.05) is 44.3 Å². The zero-order valence-corrected chi connectivity index (χ0v) is 11.6. The second-order valence-electron chi connectivity index (χ2n) is 4.86. The van der Waals surface area contributed by atoms with Crippen LogP contribution in [0, 0.1) is 5.92 Å². The Morgan fingerprint density at radius 3 is 2.24 bits per heavy atom. The van der Waals surface area contributed by atoms with Gasteiger partial charge >= 0.3 is 0 Å². The molecule has 0 radical (unpaired) electrons. The van der Waals surface area contributed by atoms with Crippen LogP contribution in [0.2, 0.25) is 0 Å². The molecule has 1 amide bonds. The molecule has 0 aromatic carbocycles. The summed E-state index contributed by atoms with van der Waals surface area (Å²) in [6.45, 7) is 3.12.